The van der Waals surface area contributed by atoms with Crippen LogP contribution in [0.3, 0.4) is 0 Å². The molecule has 1 N–H and O–H groups in total. The van der Waals surface area contributed by atoms with E-state index in [2.05, 4.69) is 70.2 Å². The lowest BCUT2D eigenvalue weighted by Gasteiger charge is -2.29. The van der Waals surface area contributed by atoms with E-state index in [4.69, 9.17) is 0 Å². The molecule has 3 unspecified atom stereocenters. The molecule has 0 heterocycles. The molecule has 0 aliphatic heterocycles. The zero-order valence-corrected chi connectivity index (χ0v) is 13.5. The Kier molecular flexibility index (Phi) is 5.19. The molecule has 1 nitrogen and oxygen atoms in total. The topological polar surface area (TPSA) is 20.2 Å². The van der Waals surface area contributed by atoms with Gasteiger partial charge in [0.2, 0.25) is 0 Å². The second-order valence-electron chi connectivity index (χ2n) is 6.11. The molecule has 2 rings (SSSR count). The van der Waals surface area contributed by atoms with E-state index in [1.54, 1.807) is 0 Å². The molecule has 0 bridgehead atoms. The molecule has 0 spiro atoms. The highest BCUT2D eigenvalue weighted by Crippen LogP contribution is 2.38. The maximum Gasteiger partial charge on any atom is 0.0861 e. The molecule has 21 heavy (non-hydrogen) atoms. The van der Waals surface area contributed by atoms with Crippen molar-refractivity contribution in [1.82, 2.24) is 0 Å². The van der Waals surface area contributed by atoms with Crippen molar-refractivity contribution < 1.29 is 5.11 Å². The molecular weight excluding hydrogens is 256 g/mol. The zero-order chi connectivity index (χ0) is 15.4. The Morgan fingerprint density at radius 1 is 0.905 bits per heavy atom. The Bertz CT molecular complexity index is 574. The molecule has 0 aliphatic carbocycles. The summed E-state index contributed by atoms with van der Waals surface area (Å²) in [5.74, 6) is 0.572. The van der Waals surface area contributed by atoms with E-state index in [-0.39, 0.29) is 5.92 Å². The normalized spacial score (nSPS) is 15.5. The number of aliphatic hydroxyl groups is 1. The largest absolute Gasteiger partial charge is 0.388 e. The van der Waals surface area contributed by atoms with E-state index < -0.39 is 6.10 Å². The predicted octanol–water partition coefficient (Wildman–Crippen LogP) is 5.17. The van der Waals surface area contributed by atoms with Gasteiger partial charge in [0.15, 0.2) is 0 Å². The van der Waals surface area contributed by atoms with Gasteiger partial charge in [0.1, 0.15) is 0 Å². The van der Waals surface area contributed by atoms with E-state index in [9.17, 15) is 5.11 Å². The summed E-state index contributed by atoms with van der Waals surface area (Å²) in [4.78, 5) is 0. The van der Waals surface area contributed by atoms with Crippen LogP contribution in [0.15, 0.2) is 48.5 Å². The van der Waals surface area contributed by atoms with Gasteiger partial charge in [-0.1, -0.05) is 68.8 Å². The van der Waals surface area contributed by atoms with Crippen molar-refractivity contribution in [3.05, 3.63) is 70.8 Å². The monoisotopic (exact) mass is 282 g/mol. The van der Waals surface area contributed by atoms with Crippen molar-refractivity contribution in [1.29, 1.82) is 0 Å². The molecule has 0 radical (unpaired) electrons. The lowest BCUT2D eigenvalue weighted by Crippen LogP contribution is -2.18. The molecule has 112 valence electrons. The Morgan fingerprint density at radius 2 is 1.57 bits per heavy atom. The molecule has 0 fully saturated rings. The molecule has 2 aromatic carbocycles. The highest BCUT2D eigenvalue weighted by atomic mass is 16.3. The smallest absolute Gasteiger partial charge is 0.0861 e. The standard InChI is InChI=1S/C20H26O/c1-5-14(2)19(17-9-7-6-8-10-17)20(21)18-12-11-15(3)16(4)13-18/h6-14,19-21H,5H2,1-4H3. The lowest BCUT2D eigenvalue weighted by molar-refractivity contribution is 0.118. The minimum Gasteiger partial charge on any atom is -0.388 e. The minimum absolute atomic E-state index is 0.137. The first kappa shape index (κ1) is 15.8. The average Bonchev–Trinajstić information content (AvgIpc) is 2.51. The summed E-state index contributed by atoms with van der Waals surface area (Å²) in [7, 11) is 0. The van der Waals surface area contributed by atoms with Crippen LogP contribution in [0.1, 0.15) is 54.5 Å². The second-order valence-corrected chi connectivity index (χ2v) is 6.11. The van der Waals surface area contributed by atoms with E-state index >= 15 is 0 Å². The van der Waals surface area contributed by atoms with Gasteiger partial charge in [-0.15, -0.1) is 0 Å². The third-order valence-electron chi connectivity index (χ3n) is 4.65. The first-order valence-electron chi connectivity index (χ1n) is 7.84. The Labute approximate surface area is 128 Å². The molecule has 1 heteroatoms. The van der Waals surface area contributed by atoms with Gasteiger partial charge in [-0.2, -0.15) is 0 Å². The van der Waals surface area contributed by atoms with Gasteiger partial charge in [-0.3, -0.25) is 0 Å². The second kappa shape index (κ2) is 6.91. The third-order valence-corrected chi connectivity index (χ3v) is 4.65. The number of hydrogen-bond acceptors (Lipinski definition) is 1. The summed E-state index contributed by atoms with van der Waals surface area (Å²) in [5, 5.41) is 11.0. The molecule has 0 aliphatic rings. The third kappa shape index (κ3) is 3.54. The van der Waals surface area contributed by atoms with Crippen molar-refractivity contribution in [2.24, 2.45) is 5.92 Å². The van der Waals surface area contributed by atoms with Gasteiger partial charge in [0.05, 0.1) is 6.10 Å². The predicted molar refractivity (Wildman–Crippen MR) is 89.5 cm³/mol. The Hall–Kier alpha value is -1.60. The lowest BCUT2D eigenvalue weighted by atomic mass is 9.79. The molecule has 3 atom stereocenters. The fourth-order valence-electron chi connectivity index (χ4n) is 2.91. The number of hydrogen-bond donors (Lipinski definition) is 1. The summed E-state index contributed by atoms with van der Waals surface area (Å²) in [6, 6.07) is 16.7. The van der Waals surface area contributed by atoms with Crippen LogP contribution >= 0.6 is 0 Å². The summed E-state index contributed by atoms with van der Waals surface area (Å²) in [5.41, 5.74) is 4.75. The number of rotatable bonds is 5. The first-order valence-corrected chi connectivity index (χ1v) is 7.84. The summed E-state index contributed by atoms with van der Waals surface area (Å²) < 4.78 is 0. The van der Waals surface area contributed by atoms with Gasteiger partial charge in [0.25, 0.3) is 0 Å². The van der Waals surface area contributed by atoms with Crippen molar-refractivity contribution in [2.45, 2.75) is 46.1 Å². The number of aliphatic hydroxyl groups excluding tert-OH is 1. The minimum atomic E-state index is -0.457. The van der Waals surface area contributed by atoms with Crippen molar-refractivity contribution in [3.63, 3.8) is 0 Å². The van der Waals surface area contributed by atoms with Crippen LogP contribution in [0, 0.1) is 19.8 Å². The number of aryl methyl sites for hydroxylation is 2. The van der Waals surface area contributed by atoms with Crippen molar-refractivity contribution in [3.8, 4) is 0 Å². The van der Waals surface area contributed by atoms with Crippen LogP contribution in [0.2, 0.25) is 0 Å². The molecular formula is C20H26O. The van der Waals surface area contributed by atoms with E-state index in [1.165, 1.54) is 16.7 Å². The quantitative estimate of drug-likeness (QED) is 0.802. The highest BCUT2D eigenvalue weighted by molar-refractivity contribution is 5.34. The average molecular weight is 282 g/mol. The van der Waals surface area contributed by atoms with Crippen LogP contribution in [-0.4, -0.2) is 5.11 Å². The summed E-state index contributed by atoms with van der Waals surface area (Å²) in [6.07, 6.45) is 0.600. The Morgan fingerprint density at radius 3 is 2.14 bits per heavy atom. The van der Waals surface area contributed by atoms with Crippen LogP contribution in [0.5, 0.6) is 0 Å². The molecule has 0 amide bonds. The summed E-state index contributed by atoms with van der Waals surface area (Å²) >= 11 is 0. The van der Waals surface area contributed by atoms with Gasteiger partial charge in [-0.05, 0) is 42.0 Å². The molecule has 0 saturated carbocycles. The van der Waals surface area contributed by atoms with Crippen molar-refractivity contribution in [2.75, 3.05) is 0 Å². The van der Waals surface area contributed by atoms with E-state index in [0.29, 0.717) is 5.92 Å². The summed E-state index contributed by atoms with van der Waals surface area (Å²) in [6.45, 7) is 8.62. The fourth-order valence-corrected chi connectivity index (χ4v) is 2.91. The maximum atomic E-state index is 11.0. The van der Waals surface area contributed by atoms with E-state index in [1.807, 2.05) is 6.07 Å². The number of benzene rings is 2. The van der Waals surface area contributed by atoms with Crippen LogP contribution in [0.4, 0.5) is 0 Å². The van der Waals surface area contributed by atoms with E-state index in [0.717, 1.165) is 12.0 Å². The van der Waals surface area contributed by atoms with Gasteiger partial charge < -0.3 is 5.11 Å². The Balaban J connectivity index is 2.38. The van der Waals surface area contributed by atoms with Crippen molar-refractivity contribution >= 4 is 0 Å². The molecule has 0 aromatic heterocycles. The van der Waals surface area contributed by atoms with Crippen LogP contribution in [-0.2, 0) is 0 Å². The zero-order valence-electron chi connectivity index (χ0n) is 13.5. The molecule has 0 saturated heterocycles. The SMILES string of the molecule is CCC(C)C(c1ccccc1)C(O)c1ccc(C)c(C)c1. The first-order chi connectivity index (χ1) is 10.0. The van der Waals surface area contributed by atoms with Crippen LogP contribution < -0.4 is 0 Å². The van der Waals surface area contributed by atoms with Gasteiger partial charge in [0, 0.05) is 5.92 Å². The van der Waals surface area contributed by atoms with Crippen LogP contribution in [0.25, 0.3) is 0 Å². The maximum absolute atomic E-state index is 11.0. The highest BCUT2D eigenvalue weighted by Gasteiger charge is 2.27. The molecule has 2 aromatic rings. The van der Waals surface area contributed by atoms with Gasteiger partial charge >= 0.3 is 0 Å². The fraction of sp³-hybridized carbons (Fsp3) is 0.400. The van der Waals surface area contributed by atoms with Gasteiger partial charge in [-0.25, -0.2) is 0 Å².